The molecule has 154 valence electrons. The summed E-state index contributed by atoms with van der Waals surface area (Å²) >= 11 is 9.10. The van der Waals surface area contributed by atoms with Crippen LogP contribution in [-0.4, -0.2) is 52.3 Å². The highest BCUT2D eigenvalue weighted by Crippen LogP contribution is 2.60. The lowest BCUT2D eigenvalue weighted by Gasteiger charge is -2.50. The minimum absolute atomic E-state index is 0.0481. The van der Waals surface area contributed by atoms with E-state index >= 15 is 0 Å². The van der Waals surface area contributed by atoms with Crippen LogP contribution in [-0.2, 0) is 9.59 Å². The van der Waals surface area contributed by atoms with Crippen LogP contribution in [0.15, 0.2) is 12.1 Å². The number of thiol groups is 2. The molecule has 4 rings (SSSR count). The highest BCUT2D eigenvalue weighted by atomic mass is 32.1. The van der Waals surface area contributed by atoms with Crippen molar-refractivity contribution in [2.45, 2.75) is 36.1 Å². The Balaban J connectivity index is 1.94. The maximum atomic E-state index is 13.5. The number of ether oxygens (including phenoxy) is 3. The summed E-state index contributed by atoms with van der Waals surface area (Å²) < 4.78 is 16.4. The molecular formula is C19H21N3O5S2. The summed E-state index contributed by atoms with van der Waals surface area (Å²) in [7, 11) is 3.01. The summed E-state index contributed by atoms with van der Waals surface area (Å²) in [4.78, 5) is 26.5. The first-order valence-corrected chi connectivity index (χ1v) is 9.86. The van der Waals surface area contributed by atoms with E-state index in [1.54, 1.807) is 26.0 Å². The van der Waals surface area contributed by atoms with Gasteiger partial charge in [-0.2, -0.15) is 5.26 Å². The van der Waals surface area contributed by atoms with Gasteiger partial charge in [-0.05, 0) is 31.5 Å². The topological polar surface area (TPSA) is 92.1 Å². The van der Waals surface area contributed by atoms with E-state index < -0.39 is 27.1 Å². The van der Waals surface area contributed by atoms with E-state index in [1.165, 1.54) is 24.0 Å². The summed E-state index contributed by atoms with van der Waals surface area (Å²) in [5.41, 5.74) is -0.484. The minimum atomic E-state index is -1.47. The summed E-state index contributed by atoms with van der Waals surface area (Å²) in [5.74, 6) is 0.560. The lowest BCUT2D eigenvalue weighted by molar-refractivity contribution is -0.163. The molecule has 4 atom stereocenters. The van der Waals surface area contributed by atoms with Crippen LogP contribution < -0.4 is 14.2 Å². The number of methoxy groups -OCH3 is 1. The van der Waals surface area contributed by atoms with Gasteiger partial charge in [-0.1, -0.05) is 0 Å². The average molecular weight is 436 g/mol. The van der Waals surface area contributed by atoms with Crippen molar-refractivity contribution >= 4 is 37.1 Å². The van der Waals surface area contributed by atoms with E-state index in [9.17, 15) is 14.9 Å². The number of carbonyl (C=O) groups is 2. The standard InChI is InChI=1S/C19H21N3O5S2/c1-17(8-20)7-19(29)16(24)21(3)18(2,28)15(23)22(19)14(17)10-5-11(25-4)13-12(6-10)26-9-27-13/h5-6,14,28-29H,7,9H2,1-4H3/t14?,17-,18?,19?/m1/s1. The fraction of sp³-hybridized carbons (Fsp3) is 0.526. The zero-order chi connectivity index (χ0) is 21.4. The molecule has 0 aromatic heterocycles. The third-order valence-corrected chi connectivity index (χ3v) is 7.11. The van der Waals surface area contributed by atoms with Crippen LogP contribution in [0.1, 0.15) is 31.9 Å². The predicted molar refractivity (Wildman–Crippen MR) is 109 cm³/mol. The maximum Gasteiger partial charge on any atom is 0.260 e. The highest BCUT2D eigenvalue weighted by Gasteiger charge is 2.68. The second-order valence-corrected chi connectivity index (χ2v) is 9.55. The van der Waals surface area contributed by atoms with Gasteiger partial charge in [0.05, 0.1) is 24.6 Å². The second-order valence-electron chi connectivity index (χ2n) is 7.94. The van der Waals surface area contributed by atoms with Crippen LogP contribution in [0, 0.1) is 16.7 Å². The Hall–Kier alpha value is -2.25. The van der Waals surface area contributed by atoms with Gasteiger partial charge in [-0.3, -0.25) is 9.59 Å². The molecule has 3 aliphatic heterocycles. The molecule has 0 aliphatic carbocycles. The maximum absolute atomic E-state index is 13.5. The van der Waals surface area contributed by atoms with Crippen LogP contribution in [0.2, 0.25) is 0 Å². The quantitative estimate of drug-likeness (QED) is 0.690. The number of nitriles is 1. The van der Waals surface area contributed by atoms with Gasteiger partial charge in [0, 0.05) is 13.5 Å². The fourth-order valence-corrected chi connectivity index (χ4v) is 5.30. The molecule has 2 fully saturated rings. The Labute approximate surface area is 179 Å². The van der Waals surface area contributed by atoms with Crippen molar-refractivity contribution in [3.8, 4) is 23.3 Å². The van der Waals surface area contributed by atoms with E-state index in [0.717, 1.165) is 0 Å². The summed E-state index contributed by atoms with van der Waals surface area (Å²) in [6.07, 6.45) is 0.0693. The van der Waals surface area contributed by atoms with Gasteiger partial charge in [0.1, 0.15) is 0 Å². The molecule has 3 unspecified atom stereocenters. The second kappa shape index (κ2) is 6.12. The van der Waals surface area contributed by atoms with Gasteiger partial charge in [0.15, 0.2) is 21.2 Å². The third kappa shape index (κ3) is 2.47. The molecule has 2 amide bonds. The Morgan fingerprint density at radius 1 is 1.24 bits per heavy atom. The Morgan fingerprint density at radius 3 is 2.55 bits per heavy atom. The lowest BCUT2D eigenvalue weighted by atomic mass is 9.79. The van der Waals surface area contributed by atoms with E-state index in [0.29, 0.717) is 22.8 Å². The van der Waals surface area contributed by atoms with E-state index in [2.05, 4.69) is 31.3 Å². The van der Waals surface area contributed by atoms with Gasteiger partial charge in [0.2, 0.25) is 12.5 Å². The Bertz CT molecular complexity index is 977. The average Bonchev–Trinajstić information content (AvgIpc) is 3.25. The molecule has 0 N–H and O–H groups in total. The summed E-state index contributed by atoms with van der Waals surface area (Å²) in [6, 6.07) is 4.97. The van der Waals surface area contributed by atoms with Gasteiger partial charge in [-0.15, -0.1) is 25.3 Å². The highest BCUT2D eigenvalue weighted by molar-refractivity contribution is 7.83. The molecule has 0 spiro atoms. The van der Waals surface area contributed by atoms with Gasteiger partial charge in [0.25, 0.3) is 11.8 Å². The zero-order valence-corrected chi connectivity index (χ0v) is 18.2. The number of hydrogen-bond acceptors (Lipinski definition) is 8. The first kappa shape index (κ1) is 20.0. The van der Waals surface area contributed by atoms with E-state index in [-0.39, 0.29) is 19.1 Å². The van der Waals surface area contributed by atoms with Crippen molar-refractivity contribution < 1.29 is 23.8 Å². The monoisotopic (exact) mass is 435 g/mol. The first-order chi connectivity index (χ1) is 13.5. The molecule has 1 aromatic rings. The number of rotatable bonds is 2. The molecule has 0 radical (unpaired) electrons. The largest absolute Gasteiger partial charge is 0.493 e. The fourth-order valence-electron chi connectivity index (χ4n) is 4.42. The van der Waals surface area contributed by atoms with Crippen LogP contribution in [0.5, 0.6) is 17.2 Å². The molecule has 8 nitrogen and oxygen atoms in total. The number of carbonyl (C=O) groups excluding carboxylic acids is 2. The van der Waals surface area contributed by atoms with Crippen molar-refractivity contribution in [3.63, 3.8) is 0 Å². The predicted octanol–water partition coefficient (Wildman–Crippen LogP) is 1.97. The normalized spacial score (nSPS) is 35.6. The molecule has 29 heavy (non-hydrogen) atoms. The molecule has 3 heterocycles. The molecule has 0 bridgehead atoms. The Kier molecular flexibility index (Phi) is 4.23. The van der Waals surface area contributed by atoms with Crippen LogP contribution in [0.4, 0.5) is 0 Å². The molecule has 10 heteroatoms. The zero-order valence-electron chi connectivity index (χ0n) is 16.4. The van der Waals surface area contributed by atoms with Crippen molar-refractivity contribution in [3.05, 3.63) is 17.7 Å². The number of hydrogen-bond donors (Lipinski definition) is 2. The third-order valence-electron chi connectivity index (χ3n) is 6.05. The summed E-state index contributed by atoms with van der Waals surface area (Å²) in [5, 5.41) is 10.1. The van der Waals surface area contributed by atoms with Crippen molar-refractivity contribution in [2.24, 2.45) is 5.41 Å². The first-order valence-electron chi connectivity index (χ1n) is 8.97. The minimum Gasteiger partial charge on any atom is -0.493 e. The number of amides is 2. The molecule has 1 aromatic carbocycles. The van der Waals surface area contributed by atoms with Crippen LogP contribution >= 0.6 is 25.3 Å². The molecule has 3 aliphatic rings. The van der Waals surface area contributed by atoms with Crippen LogP contribution in [0.25, 0.3) is 0 Å². The van der Waals surface area contributed by atoms with Crippen molar-refractivity contribution in [2.75, 3.05) is 21.0 Å². The SMILES string of the molecule is COc1cc(C2N3C(=O)C(C)(S)N(C)C(=O)C3(S)C[C@]2(C)C#N)cc2c1OCO2. The number of likely N-dealkylation sites (N-methyl/N-ethyl adjacent to an activating group) is 1. The van der Waals surface area contributed by atoms with Gasteiger partial charge < -0.3 is 24.0 Å². The van der Waals surface area contributed by atoms with Crippen molar-refractivity contribution in [1.82, 2.24) is 9.80 Å². The molecular weight excluding hydrogens is 414 g/mol. The Morgan fingerprint density at radius 2 is 1.93 bits per heavy atom. The van der Waals surface area contributed by atoms with Gasteiger partial charge in [-0.25, -0.2) is 0 Å². The van der Waals surface area contributed by atoms with Gasteiger partial charge >= 0.3 is 0 Å². The number of benzene rings is 1. The number of fused-ring (bicyclic) bond motifs is 2. The molecule has 0 saturated carbocycles. The number of piperazine rings is 1. The van der Waals surface area contributed by atoms with Crippen LogP contribution in [0.3, 0.4) is 0 Å². The lowest BCUT2D eigenvalue weighted by Crippen LogP contribution is -2.69. The van der Waals surface area contributed by atoms with E-state index in [4.69, 9.17) is 14.2 Å². The van der Waals surface area contributed by atoms with E-state index in [1.807, 2.05) is 0 Å². The smallest absolute Gasteiger partial charge is 0.260 e. The number of nitrogens with zero attached hydrogens (tertiary/aromatic N) is 3. The molecule has 2 saturated heterocycles. The van der Waals surface area contributed by atoms with Crippen molar-refractivity contribution in [1.29, 1.82) is 5.26 Å². The summed E-state index contributed by atoms with van der Waals surface area (Å²) in [6.45, 7) is 3.33.